The number of aliphatic carboxylic acids is 1. The van der Waals surface area contributed by atoms with Crippen LogP contribution in [0, 0.1) is 5.82 Å². The Bertz CT molecular complexity index is 408. The zero-order valence-corrected chi connectivity index (χ0v) is 8.65. The number of halogens is 1. The van der Waals surface area contributed by atoms with Crippen molar-refractivity contribution in [2.75, 3.05) is 19.7 Å². The monoisotopic (exact) mass is 225 g/mol. The van der Waals surface area contributed by atoms with Gasteiger partial charge in [0.2, 0.25) is 0 Å². The van der Waals surface area contributed by atoms with Crippen molar-refractivity contribution in [2.45, 2.75) is 6.54 Å². The van der Waals surface area contributed by atoms with Crippen LogP contribution in [0.1, 0.15) is 5.56 Å². The van der Waals surface area contributed by atoms with Gasteiger partial charge in [-0.15, -0.1) is 0 Å². The first-order valence-electron chi connectivity index (χ1n) is 5.00. The third kappa shape index (κ3) is 2.49. The molecule has 4 nitrogen and oxygen atoms in total. The molecule has 16 heavy (non-hydrogen) atoms. The van der Waals surface area contributed by atoms with Gasteiger partial charge in [0.05, 0.1) is 6.54 Å². The average Bonchev–Trinajstić information content (AvgIpc) is 2.37. The number of ether oxygens (including phenoxy) is 1. The Balaban J connectivity index is 2.19. The molecule has 0 atom stereocenters. The van der Waals surface area contributed by atoms with E-state index in [9.17, 15) is 9.18 Å². The van der Waals surface area contributed by atoms with Crippen molar-refractivity contribution in [3.63, 3.8) is 0 Å². The lowest BCUT2D eigenvalue weighted by atomic mass is 10.2. The molecule has 0 unspecified atom stereocenters. The molecule has 0 spiro atoms. The molecule has 0 fully saturated rings. The average molecular weight is 225 g/mol. The van der Waals surface area contributed by atoms with Gasteiger partial charge in [-0.1, -0.05) is 0 Å². The Labute approximate surface area is 92.2 Å². The van der Waals surface area contributed by atoms with E-state index in [1.807, 2.05) is 0 Å². The molecule has 5 heteroatoms. The van der Waals surface area contributed by atoms with Crippen LogP contribution in [-0.2, 0) is 11.3 Å². The number of rotatable bonds is 2. The van der Waals surface area contributed by atoms with E-state index < -0.39 is 5.97 Å². The van der Waals surface area contributed by atoms with E-state index in [2.05, 4.69) is 0 Å². The molecule has 0 aromatic heterocycles. The van der Waals surface area contributed by atoms with Crippen molar-refractivity contribution < 1.29 is 19.0 Å². The standard InChI is InChI=1S/C11H12FNO3/c12-9-1-2-10-8(5-9)6-13(3-4-16-10)7-11(14)15/h1-2,5H,3-4,6-7H2,(H,14,15). The summed E-state index contributed by atoms with van der Waals surface area (Å²) in [4.78, 5) is 12.3. The fourth-order valence-corrected chi connectivity index (χ4v) is 1.74. The lowest BCUT2D eigenvalue weighted by Gasteiger charge is -2.16. The van der Waals surface area contributed by atoms with Gasteiger partial charge in [0, 0.05) is 18.7 Å². The maximum Gasteiger partial charge on any atom is 0.317 e. The van der Waals surface area contributed by atoms with E-state index >= 15 is 0 Å². The molecule has 86 valence electrons. The van der Waals surface area contributed by atoms with Gasteiger partial charge < -0.3 is 9.84 Å². The number of nitrogens with zero attached hydrogens (tertiary/aromatic N) is 1. The summed E-state index contributed by atoms with van der Waals surface area (Å²) >= 11 is 0. The minimum Gasteiger partial charge on any atom is -0.492 e. The zero-order valence-electron chi connectivity index (χ0n) is 8.65. The largest absolute Gasteiger partial charge is 0.492 e. The number of hydrogen-bond acceptors (Lipinski definition) is 3. The first-order chi connectivity index (χ1) is 7.65. The fraction of sp³-hybridized carbons (Fsp3) is 0.364. The third-order valence-electron chi connectivity index (χ3n) is 2.44. The first kappa shape index (κ1) is 10.9. The molecule has 1 N–H and O–H groups in total. The number of benzene rings is 1. The third-order valence-corrected chi connectivity index (χ3v) is 2.44. The van der Waals surface area contributed by atoms with Gasteiger partial charge in [-0.3, -0.25) is 9.69 Å². The van der Waals surface area contributed by atoms with Crippen LogP contribution < -0.4 is 4.74 Å². The molecule has 0 saturated carbocycles. The van der Waals surface area contributed by atoms with Crippen molar-refractivity contribution in [1.29, 1.82) is 0 Å². The maximum atomic E-state index is 13.0. The van der Waals surface area contributed by atoms with Crippen molar-refractivity contribution in [2.24, 2.45) is 0 Å². The van der Waals surface area contributed by atoms with Crippen LogP contribution in [0.4, 0.5) is 4.39 Å². The zero-order chi connectivity index (χ0) is 11.5. The maximum absolute atomic E-state index is 13.0. The molecule has 1 aromatic rings. The molecular formula is C11H12FNO3. The highest BCUT2D eigenvalue weighted by molar-refractivity contribution is 5.69. The molecule has 2 rings (SSSR count). The first-order valence-corrected chi connectivity index (χ1v) is 5.00. The van der Waals surface area contributed by atoms with Gasteiger partial charge >= 0.3 is 5.97 Å². The molecule has 1 aromatic carbocycles. The van der Waals surface area contributed by atoms with E-state index in [0.29, 0.717) is 31.0 Å². The van der Waals surface area contributed by atoms with Crippen LogP contribution in [0.3, 0.4) is 0 Å². The van der Waals surface area contributed by atoms with E-state index in [-0.39, 0.29) is 12.4 Å². The highest BCUT2D eigenvalue weighted by atomic mass is 19.1. The van der Waals surface area contributed by atoms with Crippen LogP contribution in [0.2, 0.25) is 0 Å². The van der Waals surface area contributed by atoms with Crippen LogP contribution in [0.5, 0.6) is 5.75 Å². The van der Waals surface area contributed by atoms with Crippen molar-refractivity contribution in [3.8, 4) is 5.75 Å². The number of carbonyl (C=O) groups is 1. The van der Waals surface area contributed by atoms with E-state index in [1.54, 1.807) is 11.0 Å². The summed E-state index contributed by atoms with van der Waals surface area (Å²) in [5.74, 6) is -0.589. The minimum absolute atomic E-state index is 0.0562. The number of carboxylic acid groups (broad SMARTS) is 1. The van der Waals surface area contributed by atoms with Crippen LogP contribution in [0.25, 0.3) is 0 Å². The van der Waals surface area contributed by atoms with E-state index in [0.717, 1.165) is 0 Å². The van der Waals surface area contributed by atoms with Gasteiger partial charge in [-0.2, -0.15) is 0 Å². The molecule has 0 radical (unpaired) electrons. The summed E-state index contributed by atoms with van der Waals surface area (Å²) in [6, 6.07) is 4.30. The summed E-state index contributed by atoms with van der Waals surface area (Å²) in [5.41, 5.74) is 0.693. The summed E-state index contributed by atoms with van der Waals surface area (Å²) in [5, 5.41) is 8.70. The van der Waals surface area contributed by atoms with Crippen molar-refractivity contribution in [1.82, 2.24) is 4.90 Å². The van der Waals surface area contributed by atoms with Gasteiger partial charge in [-0.05, 0) is 18.2 Å². The van der Waals surface area contributed by atoms with E-state index in [1.165, 1.54) is 12.1 Å². The van der Waals surface area contributed by atoms with Crippen LogP contribution >= 0.6 is 0 Å². The molecule has 1 heterocycles. The second kappa shape index (κ2) is 4.49. The molecule has 0 amide bonds. The molecule has 0 bridgehead atoms. The highest BCUT2D eigenvalue weighted by Crippen LogP contribution is 2.23. The fourth-order valence-electron chi connectivity index (χ4n) is 1.74. The lowest BCUT2D eigenvalue weighted by Crippen LogP contribution is -2.31. The summed E-state index contributed by atoms with van der Waals surface area (Å²) in [6.07, 6.45) is 0. The molecular weight excluding hydrogens is 213 g/mol. The Morgan fingerprint density at radius 2 is 2.38 bits per heavy atom. The molecule has 0 saturated heterocycles. The second-order valence-electron chi connectivity index (χ2n) is 3.70. The Morgan fingerprint density at radius 3 is 3.12 bits per heavy atom. The van der Waals surface area contributed by atoms with Gasteiger partial charge in [-0.25, -0.2) is 4.39 Å². The Kier molecular flexibility index (Phi) is 3.05. The van der Waals surface area contributed by atoms with Gasteiger partial charge in [0.25, 0.3) is 0 Å². The highest BCUT2D eigenvalue weighted by Gasteiger charge is 2.17. The lowest BCUT2D eigenvalue weighted by molar-refractivity contribution is -0.138. The van der Waals surface area contributed by atoms with Crippen molar-refractivity contribution in [3.05, 3.63) is 29.6 Å². The molecule has 0 aliphatic carbocycles. The van der Waals surface area contributed by atoms with Crippen LogP contribution in [-0.4, -0.2) is 35.7 Å². The van der Waals surface area contributed by atoms with Crippen LogP contribution in [0.15, 0.2) is 18.2 Å². The van der Waals surface area contributed by atoms with Gasteiger partial charge in [0.15, 0.2) is 0 Å². The topological polar surface area (TPSA) is 49.8 Å². The summed E-state index contributed by atoms with van der Waals surface area (Å²) in [7, 11) is 0. The SMILES string of the molecule is O=C(O)CN1CCOc2ccc(F)cc2C1. The quantitative estimate of drug-likeness (QED) is 0.819. The number of hydrogen-bond donors (Lipinski definition) is 1. The normalized spacial score (nSPS) is 16.1. The second-order valence-corrected chi connectivity index (χ2v) is 3.70. The smallest absolute Gasteiger partial charge is 0.317 e. The van der Waals surface area contributed by atoms with Crippen molar-refractivity contribution >= 4 is 5.97 Å². The predicted octanol–water partition coefficient (Wildman–Crippen LogP) is 1.10. The molecule has 1 aliphatic heterocycles. The summed E-state index contributed by atoms with van der Waals surface area (Å²) < 4.78 is 18.4. The molecule has 1 aliphatic rings. The minimum atomic E-state index is -0.889. The number of carboxylic acids is 1. The number of fused-ring (bicyclic) bond motifs is 1. The van der Waals surface area contributed by atoms with E-state index in [4.69, 9.17) is 9.84 Å². The predicted molar refractivity (Wildman–Crippen MR) is 54.8 cm³/mol. The summed E-state index contributed by atoms with van der Waals surface area (Å²) in [6.45, 7) is 1.30. The Hall–Kier alpha value is -1.62. The van der Waals surface area contributed by atoms with Gasteiger partial charge in [0.1, 0.15) is 18.2 Å². The Morgan fingerprint density at radius 1 is 1.56 bits per heavy atom.